The number of nitrogens with zero attached hydrogens (tertiary/aromatic N) is 3. The number of piperidine rings is 1. The van der Waals surface area contributed by atoms with Crippen LogP contribution < -0.4 is 21.3 Å². The fourth-order valence-corrected chi connectivity index (χ4v) is 5.32. The number of guanidine groups is 1. The quantitative estimate of drug-likeness (QED) is 0.447. The second kappa shape index (κ2) is 10.7. The molecule has 0 bridgehead atoms. The normalized spacial score (nSPS) is 20.5. The zero-order valence-electron chi connectivity index (χ0n) is 19.6. The van der Waals surface area contributed by atoms with Gasteiger partial charge in [-0.05, 0) is 37.3 Å². The van der Waals surface area contributed by atoms with Gasteiger partial charge in [0.15, 0.2) is 5.96 Å². The molecule has 2 aliphatic rings. The summed E-state index contributed by atoms with van der Waals surface area (Å²) in [6.07, 6.45) is 8.54. The fourth-order valence-electron chi connectivity index (χ4n) is 5.32. The third-order valence-corrected chi connectivity index (χ3v) is 7.20. The van der Waals surface area contributed by atoms with Crippen LogP contribution in [0.2, 0.25) is 0 Å². The van der Waals surface area contributed by atoms with Crippen LogP contribution in [0.25, 0.3) is 0 Å². The predicted molar refractivity (Wildman–Crippen MR) is 133 cm³/mol. The van der Waals surface area contributed by atoms with E-state index < -0.39 is 0 Å². The Balaban J connectivity index is 1.40. The number of anilines is 1. The molecular formula is C26H36N6O. The van der Waals surface area contributed by atoms with Crippen LogP contribution in [0.15, 0.2) is 53.7 Å². The van der Waals surface area contributed by atoms with Gasteiger partial charge in [-0.2, -0.15) is 0 Å². The van der Waals surface area contributed by atoms with Gasteiger partial charge >= 0.3 is 0 Å². The van der Waals surface area contributed by atoms with E-state index in [0.717, 1.165) is 43.3 Å². The molecule has 1 aliphatic heterocycles. The average Bonchev–Trinajstić information content (AvgIpc) is 3.35. The number of carbonyl (C=O) groups is 1. The summed E-state index contributed by atoms with van der Waals surface area (Å²) >= 11 is 0. The molecule has 1 atom stereocenters. The summed E-state index contributed by atoms with van der Waals surface area (Å²) in [5.41, 5.74) is 8.24. The summed E-state index contributed by atoms with van der Waals surface area (Å²) in [6, 6.07) is 14.9. The highest BCUT2D eigenvalue weighted by Gasteiger charge is 2.35. The summed E-state index contributed by atoms with van der Waals surface area (Å²) in [5.74, 6) is 1.37. The molecule has 33 heavy (non-hydrogen) atoms. The number of benzene rings is 1. The molecule has 1 aromatic carbocycles. The van der Waals surface area contributed by atoms with Crippen molar-refractivity contribution >= 4 is 17.7 Å². The molecule has 1 saturated carbocycles. The minimum absolute atomic E-state index is 0.114. The van der Waals surface area contributed by atoms with Gasteiger partial charge in [-0.25, -0.2) is 4.98 Å². The van der Waals surface area contributed by atoms with Crippen LogP contribution in [0, 0.1) is 5.92 Å². The molecule has 1 aliphatic carbocycles. The van der Waals surface area contributed by atoms with Crippen LogP contribution in [0.3, 0.4) is 0 Å². The first-order valence-electron chi connectivity index (χ1n) is 12.1. The number of carbonyl (C=O) groups excluding carboxylic acids is 1. The van der Waals surface area contributed by atoms with Gasteiger partial charge in [-0.1, -0.05) is 49.2 Å². The van der Waals surface area contributed by atoms with Gasteiger partial charge in [0, 0.05) is 50.4 Å². The average molecular weight is 449 g/mol. The van der Waals surface area contributed by atoms with E-state index in [1.54, 1.807) is 0 Å². The fraction of sp³-hybridized carbons (Fsp3) is 0.500. The van der Waals surface area contributed by atoms with E-state index in [-0.39, 0.29) is 17.2 Å². The molecular weight excluding hydrogens is 412 g/mol. The highest BCUT2D eigenvalue weighted by molar-refractivity contribution is 5.80. The summed E-state index contributed by atoms with van der Waals surface area (Å²) in [5, 5.41) is 7.06. The molecule has 1 aromatic heterocycles. The topological polar surface area (TPSA) is 95.6 Å². The Hall–Kier alpha value is -3.09. The molecule has 2 heterocycles. The zero-order chi connectivity index (χ0) is 23.1. The third kappa shape index (κ3) is 5.46. The molecule has 0 radical (unpaired) electrons. The second-order valence-corrected chi connectivity index (χ2v) is 9.31. The van der Waals surface area contributed by atoms with Crippen molar-refractivity contribution in [2.24, 2.45) is 16.6 Å². The van der Waals surface area contributed by atoms with Crippen molar-refractivity contribution in [3.63, 3.8) is 0 Å². The number of amides is 1. The maximum atomic E-state index is 11.7. The molecule has 4 rings (SSSR count). The van der Waals surface area contributed by atoms with Crippen molar-refractivity contribution in [2.45, 2.75) is 50.5 Å². The van der Waals surface area contributed by atoms with Crippen molar-refractivity contribution in [1.29, 1.82) is 0 Å². The Kier molecular flexibility index (Phi) is 7.47. The number of hydrogen-bond acceptors (Lipinski definition) is 4. The summed E-state index contributed by atoms with van der Waals surface area (Å²) in [7, 11) is 1.81. The maximum Gasteiger partial charge on any atom is 0.222 e. The van der Waals surface area contributed by atoms with E-state index in [4.69, 9.17) is 5.73 Å². The highest BCUT2D eigenvalue weighted by atomic mass is 16.1. The number of nitrogens with one attached hydrogen (secondary N) is 2. The Bertz CT molecular complexity index is 954. The van der Waals surface area contributed by atoms with Gasteiger partial charge in [0.1, 0.15) is 5.82 Å². The number of pyridine rings is 1. The highest BCUT2D eigenvalue weighted by Crippen LogP contribution is 2.40. The van der Waals surface area contributed by atoms with E-state index in [1.807, 2.05) is 19.3 Å². The molecule has 1 amide bonds. The van der Waals surface area contributed by atoms with E-state index in [0.29, 0.717) is 13.1 Å². The summed E-state index contributed by atoms with van der Waals surface area (Å²) < 4.78 is 0. The van der Waals surface area contributed by atoms with Crippen molar-refractivity contribution in [3.05, 3.63) is 59.8 Å². The molecule has 7 heteroatoms. The lowest BCUT2D eigenvalue weighted by atomic mass is 9.79. The first-order chi connectivity index (χ1) is 16.1. The van der Waals surface area contributed by atoms with Crippen LogP contribution in [-0.4, -0.2) is 43.5 Å². The van der Waals surface area contributed by atoms with Crippen LogP contribution in [0.5, 0.6) is 0 Å². The van der Waals surface area contributed by atoms with Gasteiger partial charge in [-0.15, -0.1) is 0 Å². The summed E-state index contributed by atoms with van der Waals surface area (Å²) in [4.78, 5) is 23.0. The molecule has 4 N–H and O–H groups in total. The third-order valence-electron chi connectivity index (χ3n) is 7.20. The Morgan fingerprint density at radius 3 is 2.67 bits per heavy atom. The SMILES string of the molecule is CN=C(NCc1cccnc1N1CCCC(C(N)=O)C1)NCC1(c2ccccc2)CCCC1. The standard InChI is InChI=1S/C26H36N6O/c1-28-25(31-19-26(13-5-6-14-26)22-11-3-2-4-12-22)30-17-20-9-7-15-29-24(20)32-16-8-10-21(18-32)23(27)33/h2-4,7,9,11-12,15,21H,5-6,8,10,13-14,16-19H2,1H3,(H2,27,33)(H2,28,30,31). The van der Waals surface area contributed by atoms with Crippen LogP contribution in [-0.2, 0) is 16.8 Å². The number of nitrogens with two attached hydrogens (primary N) is 1. The van der Waals surface area contributed by atoms with Crippen molar-refractivity contribution in [1.82, 2.24) is 15.6 Å². The van der Waals surface area contributed by atoms with E-state index in [2.05, 4.69) is 61.9 Å². The van der Waals surface area contributed by atoms with Gasteiger partial charge < -0.3 is 21.3 Å². The smallest absolute Gasteiger partial charge is 0.222 e. The van der Waals surface area contributed by atoms with Gasteiger partial charge in [-0.3, -0.25) is 9.79 Å². The number of aromatic nitrogens is 1. The van der Waals surface area contributed by atoms with Crippen LogP contribution in [0.1, 0.15) is 49.7 Å². The minimum atomic E-state index is -0.223. The predicted octanol–water partition coefficient (Wildman–Crippen LogP) is 2.96. The first-order valence-corrected chi connectivity index (χ1v) is 12.1. The van der Waals surface area contributed by atoms with Crippen LogP contribution >= 0.6 is 0 Å². The Labute approximate surface area is 196 Å². The molecule has 0 spiro atoms. The molecule has 1 unspecified atom stereocenters. The maximum absolute atomic E-state index is 11.7. The van der Waals surface area contributed by atoms with Gasteiger partial charge in [0.2, 0.25) is 5.91 Å². The number of aliphatic imine (C=N–C) groups is 1. The molecule has 7 nitrogen and oxygen atoms in total. The lowest BCUT2D eigenvalue weighted by molar-refractivity contribution is -0.122. The second-order valence-electron chi connectivity index (χ2n) is 9.31. The Morgan fingerprint density at radius 2 is 1.94 bits per heavy atom. The molecule has 1 saturated heterocycles. The molecule has 176 valence electrons. The number of rotatable bonds is 7. The molecule has 2 aromatic rings. The lowest BCUT2D eigenvalue weighted by Gasteiger charge is -2.33. The monoisotopic (exact) mass is 448 g/mol. The largest absolute Gasteiger partial charge is 0.369 e. The zero-order valence-corrected chi connectivity index (χ0v) is 19.6. The van der Waals surface area contributed by atoms with E-state index in [1.165, 1.54) is 31.2 Å². The van der Waals surface area contributed by atoms with Crippen molar-refractivity contribution in [3.8, 4) is 0 Å². The van der Waals surface area contributed by atoms with Gasteiger partial charge in [0.25, 0.3) is 0 Å². The van der Waals surface area contributed by atoms with Crippen molar-refractivity contribution < 1.29 is 4.79 Å². The molecule has 2 fully saturated rings. The Morgan fingerprint density at radius 1 is 1.15 bits per heavy atom. The summed E-state index contributed by atoms with van der Waals surface area (Å²) in [6.45, 7) is 2.99. The lowest BCUT2D eigenvalue weighted by Crippen LogP contribution is -2.45. The van der Waals surface area contributed by atoms with E-state index >= 15 is 0 Å². The van der Waals surface area contributed by atoms with Crippen molar-refractivity contribution in [2.75, 3.05) is 31.6 Å². The minimum Gasteiger partial charge on any atom is -0.369 e. The van der Waals surface area contributed by atoms with Gasteiger partial charge in [0.05, 0.1) is 5.92 Å². The first kappa shape index (κ1) is 23.1. The van der Waals surface area contributed by atoms with Crippen LogP contribution in [0.4, 0.5) is 5.82 Å². The number of primary amides is 1. The van der Waals surface area contributed by atoms with E-state index in [9.17, 15) is 4.79 Å². The number of hydrogen-bond donors (Lipinski definition) is 3.